The van der Waals surface area contributed by atoms with Crippen LogP contribution in [0.25, 0.3) is 0 Å². The molecular formula is C20H22F3N5O2. The van der Waals surface area contributed by atoms with Crippen LogP contribution >= 0.6 is 0 Å². The predicted octanol–water partition coefficient (Wildman–Crippen LogP) is 2.35. The quantitative estimate of drug-likeness (QED) is 0.773. The number of piperazine rings is 1. The molecule has 2 heterocycles. The second kappa shape index (κ2) is 8.70. The molecule has 1 aromatic carbocycles. The Morgan fingerprint density at radius 1 is 1.07 bits per heavy atom. The largest absolute Gasteiger partial charge is 0.417 e. The van der Waals surface area contributed by atoms with Crippen molar-refractivity contribution in [3.8, 4) is 0 Å². The van der Waals surface area contributed by atoms with Crippen molar-refractivity contribution in [2.75, 3.05) is 36.4 Å². The van der Waals surface area contributed by atoms with Crippen molar-refractivity contribution in [2.45, 2.75) is 19.1 Å². The van der Waals surface area contributed by atoms with Crippen molar-refractivity contribution in [2.24, 2.45) is 5.73 Å². The van der Waals surface area contributed by atoms with E-state index in [0.717, 1.165) is 12.3 Å². The van der Waals surface area contributed by atoms with E-state index >= 15 is 0 Å². The zero-order valence-corrected chi connectivity index (χ0v) is 16.3. The van der Waals surface area contributed by atoms with E-state index in [-0.39, 0.29) is 5.91 Å². The second-order valence-electron chi connectivity index (χ2n) is 7.03. The number of anilines is 2. The summed E-state index contributed by atoms with van der Waals surface area (Å²) in [6.45, 7) is 4.02. The Bertz CT molecular complexity index is 892. The number of aromatic nitrogens is 1. The van der Waals surface area contributed by atoms with Gasteiger partial charge in [-0.05, 0) is 43.3 Å². The van der Waals surface area contributed by atoms with Gasteiger partial charge in [0, 0.05) is 43.6 Å². The first-order chi connectivity index (χ1) is 14.1. The molecule has 1 aliphatic heterocycles. The average Bonchev–Trinajstić information content (AvgIpc) is 2.73. The number of nitrogens with two attached hydrogens (primary N) is 1. The summed E-state index contributed by atoms with van der Waals surface area (Å²) < 4.78 is 38.0. The second-order valence-corrected chi connectivity index (χ2v) is 7.03. The molecule has 0 saturated carbocycles. The van der Waals surface area contributed by atoms with Gasteiger partial charge in [0.2, 0.25) is 11.8 Å². The summed E-state index contributed by atoms with van der Waals surface area (Å²) in [4.78, 5) is 31.5. The highest BCUT2D eigenvalue weighted by atomic mass is 19.4. The number of amides is 2. The van der Waals surface area contributed by atoms with Crippen molar-refractivity contribution in [3.05, 3.63) is 53.7 Å². The van der Waals surface area contributed by atoms with Crippen molar-refractivity contribution >= 4 is 23.3 Å². The van der Waals surface area contributed by atoms with E-state index in [1.54, 1.807) is 31.2 Å². The Morgan fingerprint density at radius 3 is 2.20 bits per heavy atom. The van der Waals surface area contributed by atoms with E-state index in [1.807, 2.05) is 9.80 Å². The molecule has 1 saturated heterocycles. The minimum Gasteiger partial charge on any atom is -0.366 e. The number of nitrogens with one attached hydrogen (secondary N) is 1. The molecule has 160 valence electrons. The number of hydrogen-bond donors (Lipinski definition) is 2. The number of alkyl halides is 3. The van der Waals surface area contributed by atoms with Crippen LogP contribution in [0.1, 0.15) is 22.8 Å². The van der Waals surface area contributed by atoms with Crippen molar-refractivity contribution in [1.82, 2.24) is 9.88 Å². The van der Waals surface area contributed by atoms with Crippen molar-refractivity contribution in [3.63, 3.8) is 0 Å². The standard InChI is InChI=1S/C20H22F3N5O2/c1-13(19(30)26-16-5-2-14(3-6-16)18(24)29)27-8-10-28(11-9-27)17-7-4-15(12-25-17)20(21,22)23/h2-7,12-13H,8-11H2,1H3,(H2,24,29)(H,26,30). The summed E-state index contributed by atoms with van der Waals surface area (Å²) >= 11 is 0. The number of pyridine rings is 1. The SMILES string of the molecule is CC(C(=O)Nc1ccc(C(N)=O)cc1)N1CCN(c2ccc(C(F)(F)F)cn2)CC1. The van der Waals surface area contributed by atoms with Gasteiger partial charge in [-0.3, -0.25) is 14.5 Å². The first-order valence-electron chi connectivity index (χ1n) is 9.38. The maximum absolute atomic E-state index is 12.7. The molecule has 7 nitrogen and oxygen atoms in total. The smallest absolute Gasteiger partial charge is 0.366 e. The number of benzene rings is 1. The molecule has 2 aromatic rings. The van der Waals surface area contributed by atoms with E-state index in [1.165, 1.54) is 6.07 Å². The van der Waals surface area contributed by atoms with E-state index in [2.05, 4.69) is 10.3 Å². The van der Waals surface area contributed by atoms with Gasteiger partial charge in [-0.25, -0.2) is 4.98 Å². The lowest BCUT2D eigenvalue weighted by Crippen LogP contribution is -2.53. The summed E-state index contributed by atoms with van der Waals surface area (Å²) in [5, 5.41) is 2.80. The predicted molar refractivity (Wildman–Crippen MR) is 106 cm³/mol. The third-order valence-electron chi connectivity index (χ3n) is 5.08. The van der Waals surface area contributed by atoms with Gasteiger partial charge in [0.05, 0.1) is 11.6 Å². The number of halogens is 3. The molecule has 30 heavy (non-hydrogen) atoms. The first-order valence-corrected chi connectivity index (χ1v) is 9.38. The molecule has 0 aliphatic carbocycles. The molecule has 0 radical (unpaired) electrons. The lowest BCUT2D eigenvalue weighted by Gasteiger charge is -2.38. The molecule has 1 fully saturated rings. The van der Waals surface area contributed by atoms with Crippen LogP contribution in [0.5, 0.6) is 0 Å². The fourth-order valence-electron chi connectivity index (χ4n) is 3.21. The third kappa shape index (κ3) is 5.07. The van der Waals surface area contributed by atoms with Crippen LogP contribution in [-0.4, -0.2) is 53.9 Å². The maximum atomic E-state index is 12.7. The highest BCUT2D eigenvalue weighted by Crippen LogP contribution is 2.29. The summed E-state index contributed by atoms with van der Waals surface area (Å²) in [6, 6.07) is 8.29. The van der Waals surface area contributed by atoms with Gasteiger partial charge in [-0.15, -0.1) is 0 Å². The van der Waals surface area contributed by atoms with Gasteiger partial charge in [-0.2, -0.15) is 13.2 Å². The number of carbonyl (C=O) groups excluding carboxylic acids is 2. The van der Waals surface area contributed by atoms with E-state index in [4.69, 9.17) is 5.73 Å². The van der Waals surface area contributed by atoms with Crippen LogP contribution in [0.15, 0.2) is 42.6 Å². The molecule has 3 N–H and O–H groups in total. The minimum atomic E-state index is -4.41. The Labute approximate surface area is 171 Å². The molecule has 2 amide bonds. The molecule has 1 aromatic heterocycles. The number of primary amides is 1. The molecule has 1 unspecified atom stereocenters. The monoisotopic (exact) mass is 421 g/mol. The molecule has 1 aliphatic rings. The normalized spacial score (nSPS) is 16.2. The number of nitrogens with zero attached hydrogens (tertiary/aromatic N) is 3. The lowest BCUT2D eigenvalue weighted by molar-refractivity contribution is -0.137. The minimum absolute atomic E-state index is 0.192. The summed E-state index contributed by atoms with van der Waals surface area (Å²) in [6.07, 6.45) is -3.57. The molecular weight excluding hydrogens is 399 g/mol. The summed E-state index contributed by atoms with van der Waals surface area (Å²) in [5.41, 5.74) is 5.34. The number of rotatable bonds is 5. The van der Waals surface area contributed by atoms with Crippen LogP contribution < -0.4 is 16.0 Å². The maximum Gasteiger partial charge on any atom is 0.417 e. The number of hydrogen-bond acceptors (Lipinski definition) is 5. The van der Waals surface area contributed by atoms with Crippen LogP contribution in [0.4, 0.5) is 24.7 Å². The molecule has 0 bridgehead atoms. The van der Waals surface area contributed by atoms with Gasteiger partial charge in [0.1, 0.15) is 5.82 Å². The lowest BCUT2D eigenvalue weighted by atomic mass is 10.1. The Hall–Kier alpha value is -3.14. The van der Waals surface area contributed by atoms with Gasteiger partial charge < -0.3 is 16.0 Å². The fraction of sp³-hybridized carbons (Fsp3) is 0.350. The van der Waals surface area contributed by atoms with E-state index in [0.29, 0.717) is 43.2 Å². The van der Waals surface area contributed by atoms with Crippen LogP contribution in [0.3, 0.4) is 0 Å². The summed E-state index contributed by atoms with van der Waals surface area (Å²) in [5.74, 6) is -0.251. The van der Waals surface area contributed by atoms with Crippen LogP contribution in [0, 0.1) is 0 Å². The summed E-state index contributed by atoms with van der Waals surface area (Å²) in [7, 11) is 0. The Kier molecular flexibility index (Phi) is 6.25. The zero-order chi connectivity index (χ0) is 21.9. The molecule has 10 heteroatoms. The molecule has 0 spiro atoms. The molecule has 1 atom stereocenters. The van der Waals surface area contributed by atoms with Gasteiger partial charge in [-0.1, -0.05) is 0 Å². The zero-order valence-electron chi connectivity index (χ0n) is 16.3. The molecule has 3 rings (SSSR count). The highest BCUT2D eigenvalue weighted by molar-refractivity contribution is 5.96. The Balaban J connectivity index is 1.53. The van der Waals surface area contributed by atoms with E-state index < -0.39 is 23.7 Å². The highest BCUT2D eigenvalue weighted by Gasteiger charge is 2.31. The van der Waals surface area contributed by atoms with Gasteiger partial charge in [0.25, 0.3) is 0 Å². The van der Waals surface area contributed by atoms with Crippen molar-refractivity contribution < 1.29 is 22.8 Å². The topological polar surface area (TPSA) is 91.6 Å². The fourth-order valence-corrected chi connectivity index (χ4v) is 3.21. The first kappa shape index (κ1) is 21.6. The third-order valence-corrected chi connectivity index (χ3v) is 5.08. The van der Waals surface area contributed by atoms with Crippen LogP contribution in [-0.2, 0) is 11.0 Å². The van der Waals surface area contributed by atoms with Crippen molar-refractivity contribution in [1.29, 1.82) is 0 Å². The van der Waals surface area contributed by atoms with Gasteiger partial charge in [0.15, 0.2) is 0 Å². The Morgan fingerprint density at radius 2 is 1.70 bits per heavy atom. The van der Waals surface area contributed by atoms with Gasteiger partial charge >= 0.3 is 6.18 Å². The van der Waals surface area contributed by atoms with Crippen LogP contribution in [0.2, 0.25) is 0 Å². The number of carbonyl (C=O) groups is 2. The van der Waals surface area contributed by atoms with E-state index in [9.17, 15) is 22.8 Å². The average molecular weight is 421 g/mol.